The molecule has 1 aromatic heterocycles. The molecular weight excluding hydrogens is 373 g/mol. The van der Waals surface area contributed by atoms with Gasteiger partial charge in [-0.25, -0.2) is 4.79 Å². The Morgan fingerprint density at radius 2 is 2.11 bits per heavy atom. The predicted octanol–water partition coefficient (Wildman–Crippen LogP) is 3.34. The van der Waals surface area contributed by atoms with Crippen molar-refractivity contribution in [2.45, 2.75) is 25.2 Å². The lowest BCUT2D eigenvalue weighted by atomic mass is 10.1. The number of nitrogens with one attached hydrogen (secondary N) is 1. The number of anilines is 2. The van der Waals surface area contributed by atoms with Crippen molar-refractivity contribution in [3.05, 3.63) is 53.9 Å². The Labute approximate surface area is 160 Å². The van der Waals surface area contributed by atoms with Gasteiger partial charge in [0.2, 0.25) is 0 Å². The summed E-state index contributed by atoms with van der Waals surface area (Å²) < 4.78 is 38.6. The number of pyridine rings is 1. The van der Waals surface area contributed by atoms with Crippen molar-refractivity contribution >= 4 is 17.4 Å². The fraction of sp³-hybridized carbons (Fsp3) is 0.368. The van der Waals surface area contributed by atoms with Crippen molar-refractivity contribution in [1.29, 1.82) is 0 Å². The average Bonchev–Trinajstić information content (AvgIpc) is 2.65. The first-order chi connectivity index (χ1) is 13.3. The van der Waals surface area contributed by atoms with Gasteiger partial charge in [-0.3, -0.25) is 4.98 Å². The third kappa shape index (κ3) is 4.36. The van der Waals surface area contributed by atoms with Gasteiger partial charge < -0.3 is 20.2 Å². The lowest BCUT2D eigenvalue weighted by Crippen LogP contribution is -2.44. The number of nitrogens with zero attached hydrogens (tertiary/aromatic N) is 3. The zero-order valence-corrected chi connectivity index (χ0v) is 15.3. The van der Waals surface area contributed by atoms with Gasteiger partial charge in [-0.1, -0.05) is 6.07 Å². The largest absolute Gasteiger partial charge is 0.416 e. The number of alkyl halides is 3. The highest BCUT2D eigenvalue weighted by Crippen LogP contribution is 2.31. The minimum Gasteiger partial charge on any atom is -0.394 e. The number of aliphatic hydroxyl groups is 1. The van der Waals surface area contributed by atoms with Crippen molar-refractivity contribution in [2.75, 3.05) is 30.4 Å². The molecule has 1 aliphatic heterocycles. The molecule has 1 atom stereocenters. The Balaban J connectivity index is 1.81. The maximum Gasteiger partial charge on any atom is 0.416 e. The molecule has 3 rings (SSSR count). The molecule has 0 spiro atoms. The minimum atomic E-state index is -4.48. The van der Waals surface area contributed by atoms with Gasteiger partial charge >= 0.3 is 12.2 Å². The summed E-state index contributed by atoms with van der Waals surface area (Å²) in [5.41, 5.74) is 0.700. The molecule has 0 fully saturated rings. The summed E-state index contributed by atoms with van der Waals surface area (Å²) in [5.74, 6) is 0. The van der Waals surface area contributed by atoms with Gasteiger partial charge in [0.1, 0.15) is 0 Å². The zero-order chi connectivity index (χ0) is 20.3. The zero-order valence-electron chi connectivity index (χ0n) is 15.3. The monoisotopic (exact) mass is 394 g/mol. The summed E-state index contributed by atoms with van der Waals surface area (Å²) in [6.45, 7) is 0.452. The number of aliphatic hydroxyl groups excluding tert-OH is 1. The van der Waals surface area contributed by atoms with Gasteiger partial charge in [-0.05, 0) is 36.8 Å². The molecule has 150 valence electrons. The van der Waals surface area contributed by atoms with E-state index in [1.54, 1.807) is 12.3 Å². The normalized spacial score (nSPS) is 17.5. The average molecular weight is 394 g/mol. The van der Waals surface area contributed by atoms with Gasteiger partial charge in [0.15, 0.2) is 0 Å². The second-order valence-corrected chi connectivity index (χ2v) is 6.64. The molecule has 6 nitrogen and oxygen atoms in total. The van der Waals surface area contributed by atoms with Crippen LogP contribution in [0.1, 0.15) is 17.7 Å². The van der Waals surface area contributed by atoms with E-state index in [1.165, 1.54) is 17.0 Å². The molecule has 2 heterocycles. The molecule has 2 amide bonds. The van der Waals surface area contributed by atoms with Crippen molar-refractivity contribution in [2.24, 2.45) is 0 Å². The second-order valence-electron chi connectivity index (χ2n) is 6.64. The number of amides is 2. The Morgan fingerprint density at radius 1 is 1.32 bits per heavy atom. The van der Waals surface area contributed by atoms with Crippen LogP contribution in [0.4, 0.5) is 29.3 Å². The van der Waals surface area contributed by atoms with Crippen LogP contribution in [-0.2, 0) is 12.7 Å². The topological polar surface area (TPSA) is 68.7 Å². The van der Waals surface area contributed by atoms with E-state index in [-0.39, 0.29) is 24.9 Å². The van der Waals surface area contributed by atoms with Crippen molar-refractivity contribution in [3.8, 4) is 0 Å². The highest BCUT2D eigenvalue weighted by Gasteiger charge is 2.31. The van der Waals surface area contributed by atoms with Crippen LogP contribution in [0.25, 0.3) is 0 Å². The molecule has 9 heteroatoms. The van der Waals surface area contributed by atoms with Crippen LogP contribution in [-0.4, -0.2) is 47.3 Å². The van der Waals surface area contributed by atoms with E-state index in [1.807, 2.05) is 18.0 Å². The number of halogens is 3. The summed E-state index contributed by atoms with van der Waals surface area (Å²) in [6.07, 6.45) is -2.36. The molecule has 0 aliphatic carbocycles. The molecule has 0 radical (unpaired) electrons. The first-order valence-corrected chi connectivity index (χ1v) is 8.80. The van der Waals surface area contributed by atoms with Crippen LogP contribution in [0.2, 0.25) is 0 Å². The molecule has 28 heavy (non-hydrogen) atoms. The second kappa shape index (κ2) is 8.05. The third-order valence-corrected chi connectivity index (χ3v) is 4.81. The number of benzene rings is 1. The van der Waals surface area contributed by atoms with Crippen LogP contribution < -0.4 is 10.2 Å². The molecule has 1 aromatic carbocycles. The Hall–Kier alpha value is -2.81. The fourth-order valence-electron chi connectivity index (χ4n) is 3.19. The van der Waals surface area contributed by atoms with Crippen LogP contribution in [0, 0.1) is 0 Å². The molecule has 2 N–H and O–H groups in total. The minimum absolute atomic E-state index is 0.0685. The maximum absolute atomic E-state index is 12.9. The number of hydrogen-bond donors (Lipinski definition) is 2. The molecule has 1 aliphatic rings. The van der Waals surface area contributed by atoms with E-state index in [2.05, 4.69) is 10.3 Å². The number of carbonyl (C=O) groups excluding carboxylic acids is 1. The summed E-state index contributed by atoms with van der Waals surface area (Å²) in [5, 5.41) is 12.2. The van der Waals surface area contributed by atoms with Crippen LogP contribution in [0.3, 0.4) is 0 Å². The van der Waals surface area contributed by atoms with E-state index in [4.69, 9.17) is 0 Å². The van der Waals surface area contributed by atoms with E-state index in [9.17, 15) is 23.1 Å². The van der Waals surface area contributed by atoms with Gasteiger partial charge in [-0.15, -0.1) is 0 Å². The van der Waals surface area contributed by atoms with Crippen LogP contribution in [0.5, 0.6) is 0 Å². The summed E-state index contributed by atoms with van der Waals surface area (Å²) in [4.78, 5) is 20.5. The van der Waals surface area contributed by atoms with Crippen molar-refractivity contribution in [1.82, 2.24) is 9.88 Å². The fourth-order valence-corrected chi connectivity index (χ4v) is 3.19. The van der Waals surface area contributed by atoms with Crippen LogP contribution >= 0.6 is 0 Å². The van der Waals surface area contributed by atoms with Gasteiger partial charge in [0, 0.05) is 25.5 Å². The van der Waals surface area contributed by atoms with E-state index in [0.717, 1.165) is 17.8 Å². The van der Waals surface area contributed by atoms with Gasteiger partial charge in [0.25, 0.3) is 0 Å². The van der Waals surface area contributed by atoms with E-state index < -0.39 is 17.8 Å². The molecule has 0 saturated carbocycles. The van der Waals surface area contributed by atoms with Gasteiger partial charge in [-0.2, -0.15) is 13.2 Å². The number of urea groups is 1. The number of carbonyl (C=O) groups is 1. The maximum atomic E-state index is 12.9. The molecule has 2 aromatic rings. The molecule has 0 unspecified atom stereocenters. The highest BCUT2D eigenvalue weighted by molar-refractivity contribution is 5.89. The number of aromatic nitrogens is 1. The SMILES string of the molecule is CN1c2cccnc2CN(C(=O)Nc2cccc(C(F)(F)F)c2)CC[C@H]1CO. The number of rotatable bonds is 2. The first kappa shape index (κ1) is 19.9. The Morgan fingerprint density at radius 3 is 2.82 bits per heavy atom. The standard InChI is InChI=1S/C19H21F3N4O2/c1-25-15(12-27)7-9-26(11-16-17(25)6-3-8-23-16)18(28)24-14-5-2-4-13(10-14)19(20,21)22/h2-6,8,10,15,27H,7,9,11-12H2,1H3,(H,24,28)/t15-/m0/s1. The quantitative estimate of drug-likeness (QED) is 0.820. The highest BCUT2D eigenvalue weighted by atomic mass is 19.4. The number of likely N-dealkylation sites (N-methyl/N-ethyl adjacent to an activating group) is 1. The number of hydrogen-bond acceptors (Lipinski definition) is 4. The van der Waals surface area contributed by atoms with Crippen LogP contribution in [0.15, 0.2) is 42.6 Å². The summed E-state index contributed by atoms with van der Waals surface area (Å²) in [7, 11) is 1.86. The van der Waals surface area contributed by atoms with E-state index in [0.29, 0.717) is 18.7 Å². The Bertz CT molecular complexity index is 844. The Kier molecular flexibility index (Phi) is 5.73. The van der Waals surface area contributed by atoms with Crippen molar-refractivity contribution < 1.29 is 23.1 Å². The molecule has 0 bridgehead atoms. The van der Waals surface area contributed by atoms with E-state index >= 15 is 0 Å². The smallest absolute Gasteiger partial charge is 0.394 e. The lowest BCUT2D eigenvalue weighted by Gasteiger charge is -2.35. The summed E-state index contributed by atoms with van der Waals surface area (Å²) in [6, 6.07) is 7.43. The van der Waals surface area contributed by atoms with Gasteiger partial charge in [0.05, 0.1) is 36.1 Å². The molecular formula is C19H21F3N4O2. The third-order valence-electron chi connectivity index (χ3n) is 4.81. The van der Waals surface area contributed by atoms with Crippen molar-refractivity contribution in [3.63, 3.8) is 0 Å². The number of fused-ring (bicyclic) bond motifs is 1. The predicted molar refractivity (Wildman–Crippen MR) is 99.0 cm³/mol. The molecule has 0 saturated heterocycles. The summed E-state index contributed by atoms with van der Waals surface area (Å²) >= 11 is 0. The lowest BCUT2D eigenvalue weighted by molar-refractivity contribution is -0.137. The first-order valence-electron chi connectivity index (χ1n) is 8.80.